The summed E-state index contributed by atoms with van der Waals surface area (Å²) in [5, 5.41) is 0. The maximum atomic E-state index is 6.00. The summed E-state index contributed by atoms with van der Waals surface area (Å²) >= 11 is 0. The smallest absolute Gasteiger partial charge is 0.185 e. The zero-order chi connectivity index (χ0) is 24.2. The summed E-state index contributed by atoms with van der Waals surface area (Å²) in [6, 6.07) is 24.0. The summed E-state index contributed by atoms with van der Waals surface area (Å²) in [4.78, 5) is 8.01. The van der Waals surface area contributed by atoms with Crippen molar-refractivity contribution in [3.05, 3.63) is 95.1 Å². The molecule has 0 saturated carbocycles. The monoisotopic (exact) mass is 460 g/mol. The predicted molar refractivity (Wildman–Crippen MR) is 137 cm³/mol. The van der Waals surface area contributed by atoms with E-state index in [1.807, 2.05) is 60.7 Å². The van der Waals surface area contributed by atoms with Crippen molar-refractivity contribution in [2.75, 3.05) is 13.1 Å². The molecular weight excluding hydrogens is 428 g/mol. The average molecular weight is 461 g/mol. The molecule has 0 aromatic heterocycles. The summed E-state index contributed by atoms with van der Waals surface area (Å²) in [7, 11) is 0. The van der Waals surface area contributed by atoms with Gasteiger partial charge >= 0.3 is 0 Å². The number of hydrogen-bond acceptors (Lipinski definition) is 4. The minimum atomic E-state index is 0.110. The fraction of sp³-hybridized carbons (Fsp3) is 0.231. The van der Waals surface area contributed by atoms with Gasteiger partial charge in [-0.05, 0) is 59.4 Å². The van der Waals surface area contributed by atoms with Crippen LogP contribution in [0, 0.1) is 0 Å². The van der Waals surface area contributed by atoms with Crippen LogP contribution in [0.4, 0.5) is 0 Å². The number of guanidine groups is 2. The molecule has 3 aromatic rings. The normalized spacial score (nSPS) is 10.4. The van der Waals surface area contributed by atoms with Crippen molar-refractivity contribution in [3.8, 4) is 11.5 Å². The lowest BCUT2D eigenvalue weighted by Crippen LogP contribution is -2.23. The van der Waals surface area contributed by atoms with Gasteiger partial charge in [-0.3, -0.25) is 9.98 Å². The van der Waals surface area contributed by atoms with Gasteiger partial charge in [0, 0.05) is 13.1 Å². The third-order valence-corrected chi connectivity index (χ3v) is 5.14. The van der Waals surface area contributed by atoms with Crippen LogP contribution in [0.2, 0.25) is 0 Å². The highest BCUT2D eigenvalue weighted by Gasteiger charge is 2.05. The molecule has 8 nitrogen and oxygen atoms in total. The molecule has 0 aliphatic carbocycles. The molecule has 0 amide bonds. The Balaban J connectivity index is 1.51. The van der Waals surface area contributed by atoms with Crippen molar-refractivity contribution in [1.29, 1.82) is 0 Å². The lowest BCUT2D eigenvalue weighted by molar-refractivity contribution is 0.285. The van der Waals surface area contributed by atoms with Crippen molar-refractivity contribution in [3.63, 3.8) is 0 Å². The maximum Gasteiger partial charge on any atom is 0.185 e. The molecule has 0 atom stereocenters. The largest absolute Gasteiger partial charge is 0.489 e. The minimum absolute atomic E-state index is 0.110. The molecule has 0 aliphatic rings. The summed E-state index contributed by atoms with van der Waals surface area (Å²) < 4.78 is 12.0. The molecule has 3 aromatic carbocycles. The number of benzene rings is 3. The van der Waals surface area contributed by atoms with Crippen LogP contribution in [0.15, 0.2) is 82.8 Å². The SMILES string of the molecule is NC(N)=NCCc1ccc(OCc2ccccc2COc2ccc(CCN=C(N)N)cc2)cc1. The fourth-order valence-electron chi connectivity index (χ4n) is 3.29. The van der Waals surface area contributed by atoms with Crippen molar-refractivity contribution in [2.24, 2.45) is 32.9 Å². The van der Waals surface area contributed by atoms with Crippen molar-refractivity contribution >= 4 is 11.9 Å². The third kappa shape index (κ3) is 8.38. The first-order valence-corrected chi connectivity index (χ1v) is 11.1. The number of hydrogen-bond donors (Lipinski definition) is 4. The van der Waals surface area contributed by atoms with Gasteiger partial charge in [0.25, 0.3) is 0 Å². The molecule has 0 unspecified atom stereocenters. The molecule has 178 valence electrons. The van der Waals surface area contributed by atoms with E-state index in [0.717, 1.165) is 46.6 Å². The van der Waals surface area contributed by atoms with E-state index < -0.39 is 0 Å². The zero-order valence-corrected chi connectivity index (χ0v) is 19.2. The second kappa shape index (κ2) is 12.7. The van der Waals surface area contributed by atoms with Gasteiger partial charge in [0.05, 0.1) is 0 Å². The Kier molecular flexibility index (Phi) is 9.16. The summed E-state index contributed by atoms with van der Waals surface area (Å²) in [6.07, 6.45) is 1.55. The summed E-state index contributed by atoms with van der Waals surface area (Å²) in [5.74, 6) is 1.83. The molecule has 0 saturated heterocycles. The van der Waals surface area contributed by atoms with E-state index >= 15 is 0 Å². The van der Waals surface area contributed by atoms with Gasteiger partial charge in [0.2, 0.25) is 0 Å². The fourth-order valence-corrected chi connectivity index (χ4v) is 3.29. The Morgan fingerprint density at radius 3 is 1.29 bits per heavy atom. The number of nitrogens with two attached hydrogens (primary N) is 4. The molecule has 0 bridgehead atoms. The van der Waals surface area contributed by atoms with Gasteiger partial charge < -0.3 is 32.4 Å². The van der Waals surface area contributed by atoms with Gasteiger partial charge in [-0.1, -0.05) is 48.5 Å². The second-order valence-corrected chi connectivity index (χ2v) is 7.75. The molecule has 0 spiro atoms. The van der Waals surface area contributed by atoms with Gasteiger partial charge in [-0.2, -0.15) is 0 Å². The van der Waals surface area contributed by atoms with Crippen molar-refractivity contribution in [2.45, 2.75) is 26.1 Å². The van der Waals surface area contributed by atoms with Crippen LogP contribution in [0.1, 0.15) is 22.3 Å². The zero-order valence-electron chi connectivity index (χ0n) is 19.2. The predicted octanol–water partition coefficient (Wildman–Crippen LogP) is 2.48. The molecular formula is C26H32N6O2. The first-order chi connectivity index (χ1) is 16.5. The quantitative estimate of drug-likeness (QED) is 0.241. The van der Waals surface area contributed by atoms with E-state index in [1.54, 1.807) is 0 Å². The van der Waals surface area contributed by atoms with Crippen LogP contribution < -0.4 is 32.4 Å². The molecule has 0 aliphatic heterocycles. The van der Waals surface area contributed by atoms with E-state index in [9.17, 15) is 0 Å². The Morgan fingerprint density at radius 1 is 0.559 bits per heavy atom. The topological polar surface area (TPSA) is 147 Å². The molecule has 0 radical (unpaired) electrons. The molecule has 34 heavy (non-hydrogen) atoms. The number of rotatable bonds is 12. The lowest BCUT2D eigenvalue weighted by atomic mass is 10.1. The van der Waals surface area contributed by atoms with Gasteiger partial charge in [0.1, 0.15) is 24.7 Å². The summed E-state index contributed by atoms with van der Waals surface area (Å²) in [6.45, 7) is 2.04. The van der Waals surface area contributed by atoms with E-state index in [2.05, 4.69) is 22.1 Å². The highest BCUT2D eigenvalue weighted by Crippen LogP contribution is 2.19. The molecule has 0 fully saturated rings. The number of nitrogens with zero attached hydrogens (tertiary/aromatic N) is 2. The standard InChI is InChI=1S/C26H32N6O2/c27-25(28)31-15-13-19-5-9-23(10-6-19)33-17-21-3-1-2-4-22(21)18-34-24-11-7-20(8-12-24)14-16-32-26(29)30/h1-12H,13-18H2,(H4,27,28,31)(H4,29,30,32). The average Bonchev–Trinajstić information content (AvgIpc) is 2.83. The van der Waals surface area contributed by atoms with Gasteiger partial charge in [-0.15, -0.1) is 0 Å². The Morgan fingerprint density at radius 2 is 0.941 bits per heavy atom. The van der Waals surface area contributed by atoms with Crippen molar-refractivity contribution in [1.82, 2.24) is 0 Å². The van der Waals surface area contributed by atoms with E-state index in [0.29, 0.717) is 26.3 Å². The number of ether oxygens (including phenoxy) is 2. The molecule has 8 heteroatoms. The van der Waals surface area contributed by atoms with Gasteiger partial charge in [-0.25, -0.2) is 0 Å². The van der Waals surface area contributed by atoms with Gasteiger partial charge in [0.15, 0.2) is 11.9 Å². The Bertz CT molecular complexity index is 999. The van der Waals surface area contributed by atoms with Crippen LogP contribution in [-0.4, -0.2) is 25.0 Å². The first-order valence-electron chi connectivity index (χ1n) is 11.1. The molecule has 3 rings (SSSR count). The number of aliphatic imine (C=N–C) groups is 2. The van der Waals surface area contributed by atoms with Crippen LogP contribution in [-0.2, 0) is 26.1 Å². The van der Waals surface area contributed by atoms with Crippen LogP contribution in [0.25, 0.3) is 0 Å². The summed E-state index contributed by atoms with van der Waals surface area (Å²) in [5.41, 5.74) is 25.9. The van der Waals surface area contributed by atoms with Crippen LogP contribution in [0.5, 0.6) is 11.5 Å². The van der Waals surface area contributed by atoms with Crippen LogP contribution in [0.3, 0.4) is 0 Å². The Labute approximate surface area is 200 Å². The van der Waals surface area contributed by atoms with Crippen molar-refractivity contribution < 1.29 is 9.47 Å². The minimum Gasteiger partial charge on any atom is -0.489 e. The lowest BCUT2D eigenvalue weighted by Gasteiger charge is -2.13. The van der Waals surface area contributed by atoms with E-state index in [4.69, 9.17) is 32.4 Å². The third-order valence-electron chi connectivity index (χ3n) is 5.14. The highest BCUT2D eigenvalue weighted by atomic mass is 16.5. The first kappa shape index (κ1) is 24.4. The second-order valence-electron chi connectivity index (χ2n) is 7.75. The van der Waals surface area contributed by atoms with Crippen LogP contribution >= 0.6 is 0 Å². The Hall–Kier alpha value is -4.20. The maximum absolute atomic E-state index is 6.00. The highest BCUT2D eigenvalue weighted by molar-refractivity contribution is 5.75. The van der Waals surface area contributed by atoms with E-state index in [-0.39, 0.29) is 11.9 Å². The molecule has 0 heterocycles. The molecule has 8 N–H and O–H groups in total. The van der Waals surface area contributed by atoms with E-state index in [1.165, 1.54) is 0 Å².